The molecule has 2 atom stereocenters. The molecular formula is C23H28IN3O4. The first-order valence-corrected chi connectivity index (χ1v) is 12.1. The van der Waals surface area contributed by atoms with Crippen molar-refractivity contribution in [1.29, 1.82) is 0 Å². The highest BCUT2D eigenvalue weighted by molar-refractivity contribution is 14.1. The number of rotatable bonds is 8. The molecule has 7 nitrogen and oxygen atoms in total. The molecule has 1 unspecified atom stereocenters. The maximum Gasteiger partial charge on any atom is 0.287 e. The van der Waals surface area contributed by atoms with Gasteiger partial charge in [-0.1, -0.05) is 19.1 Å². The van der Waals surface area contributed by atoms with Crippen molar-refractivity contribution >= 4 is 46.1 Å². The molecule has 1 saturated heterocycles. The van der Waals surface area contributed by atoms with Crippen LogP contribution in [0, 0.1) is 9.49 Å². The minimum atomic E-state index is -1.46. The maximum atomic E-state index is 13.8. The Balaban J connectivity index is 1.67. The van der Waals surface area contributed by atoms with Crippen molar-refractivity contribution in [3.05, 3.63) is 33.4 Å². The Morgan fingerprint density at radius 3 is 2.32 bits per heavy atom. The molecule has 2 saturated carbocycles. The lowest BCUT2D eigenvalue weighted by Crippen LogP contribution is -2.64. The van der Waals surface area contributed by atoms with E-state index in [1.54, 1.807) is 6.92 Å². The summed E-state index contributed by atoms with van der Waals surface area (Å²) in [6.45, 7) is 2.13. The smallest absolute Gasteiger partial charge is 0.287 e. The molecule has 0 aromatic heterocycles. The number of carbonyl (C=O) groups excluding carboxylic acids is 4. The van der Waals surface area contributed by atoms with Crippen LogP contribution in [-0.4, -0.2) is 46.5 Å². The first-order valence-electron chi connectivity index (χ1n) is 11.0. The molecule has 3 amide bonds. The lowest BCUT2D eigenvalue weighted by Gasteiger charge is -2.42. The number of hydrogen-bond donors (Lipinski definition) is 2. The number of nitrogens with two attached hydrogens (primary N) is 1. The minimum absolute atomic E-state index is 0.0374. The molecule has 0 spiro atoms. The fourth-order valence-corrected chi connectivity index (χ4v) is 5.43. The van der Waals surface area contributed by atoms with Gasteiger partial charge < -0.3 is 16.0 Å². The molecule has 31 heavy (non-hydrogen) atoms. The molecule has 4 rings (SSSR count). The lowest BCUT2D eigenvalue weighted by atomic mass is 9.75. The van der Waals surface area contributed by atoms with E-state index in [0.29, 0.717) is 32.2 Å². The van der Waals surface area contributed by atoms with Crippen molar-refractivity contribution in [2.45, 2.75) is 68.9 Å². The van der Waals surface area contributed by atoms with Gasteiger partial charge in [-0.05, 0) is 85.2 Å². The van der Waals surface area contributed by atoms with Crippen LogP contribution in [0.15, 0.2) is 24.3 Å². The van der Waals surface area contributed by atoms with Crippen LogP contribution in [0.25, 0.3) is 0 Å². The number of ketones is 1. The van der Waals surface area contributed by atoms with Gasteiger partial charge in [0, 0.05) is 16.2 Å². The van der Waals surface area contributed by atoms with E-state index in [1.807, 2.05) is 24.3 Å². The van der Waals surface area contributed by atoms with Gasteiger partial charge in [-0.25, -0.2) is 0 Å². The highest BCUT2D eigenvalue weighted by Gasteiger charge is 2.62. The van der Waals surface area contributed by atoms with E-state index in [9.17, 15) is 19.2 Å². The molecule has 2 aliphatic carbocycles. The number of halogens is 1. The van der Waals surface area contributed by atoms with Gasteiger partial charge in [-0.15, -0.1) is 0 Å². The van der Waals surface area contributed by atoms with Crippen LogP contribution in [0.3, 0.4) is 0 Å². The molecule has 3 fully saturated rings. The van der Waals surface area contributed by atoms with E-state index in [0.717, 1.165) is 22.0 Å². The number of Topliss-reactive ketones (excluding diaryl/α,β-unsaturated/α-hetero) is 1. The predicted molar refractivity (Wildman–Crippen MR) is 123 cm³/mol. The fourth-order valence-electron chi connectivity index (χ4n) is 5.07. The number of hydrogen-bond acceptors (Lipinski definition) is 4. The first kappa shape index (κ1) is 22.2. The largest absolute Gasteiger partial charge is 0.368 e. The summed E-state index contributed by atoms with van der Waals surface area (Å²) in [6, 6.07) is 7.89. The minimum Gasteiger partial charge on any atom is -0.368 e. The molecule has 1 heterocycles. The highest BCUT2D eigenvalue weighted by Crippen LogP contribution is 2.52. The van der Waals surface area contributed by atoms with Crippen LogP contribution in [-0.2, 0) is 24.6 Å². The van der Waals surface area contributed by atoms with E-state index in [1.165, 1.54) is 4.90 Å². The summed E-state index contributed by atoms with van der Waals surface area (Å²) in [5, 5.41) is 2.72. The number of amides is 3. The average Bonchev–Trinajstić information content (AvgIpc) is 3.67. The zero-order valence-electron chi connectivity index (χ0n) is 17.7. The van der Waals surface area contributed by atoms with Gasteiger partial charge in [0.15, 0.2) is 0 Å². The van der Waals surface area contributed by atoms with Gasteiger partial charge in [0.25, 0.3) is 5.91 Å². The molecule has 0 radical (unpaired) electrons. The van der Waals surface area contributed by atoms with Crippen molar-refractivity contribution in [3.63, 3.8) is 0 Å². The standard InChI is InChI=1S/C23H28IN3O4/c1-2-17(18(28)19(29)26-16-8-9-16)23(20(25)30)10-3-13-27(23)21(31)22(11-12-22)14-4-6-15(24)7-5-14/h4-7,16-17H,2-3,8-13H2,1H3,(H2,25,30)(H,26,29)/t17-,23?/m1/s1. The molecule has 3 N–H and O–H groups in total. The van der Waals surface area contributed by atoms with Crippen molar-refractivity contribution in [2.24, 2.45) is 11.7 Å². The van der Waals surface area contributed by atoms with E-state index < -0.39 is 34.5 Å². The normalized spacial score (nSPS) is 25.0. The topological polar surface area (TPSA) is 110 Å². The van der Waals surface area contributed by atoms with E-state index in [4.69, 9.17) is 5.73 Å². The van der Waals surface area contributed by atoms with Crippen molar-refractivity contribution in [3.8, 4) is 0 Å². The van der Waals surface area contributed by atoms with Crippen molar-refractivity contribution < 1.29 is 19.2 Å². The van der Waals surface area contributed by atoms with Gasteiger partial charge in [0.2, 0.25) is 17.6 Å². The van der Waals surface area contributed by atoms with Gasteiger partial charge in [-0.3, -0.25) is 19.2 Å². The summed E-state index contributed by atoms with van der Waals surface area (Å²) in [7, 11) is 0. The Kier molecular flexibility index (Phi) is 5.87. The zero-order chi connectivity index (χ0) is 22.4. The Hall–Kier alpha value is -1.97. The number of likely N-dealkylation sites (tertiary alicyclic amines) is 1. The number of primary amides is 1. The van der Waals surface area contributed by atoms with Crippen LogP contribution >= 0.6 is 22.6 Å². The summed E-state index contributed by atoms with van der Waals surface area (Å²) in [4.78, 5) is 53.9. The lowest BCUT2D eigenvalue weighted by molar-refractivity contribution is -0.154. The van der Waals surface area contributed by atoms with Crippen LogP contribution in [0.4, 0.5) is 0 Å². The van der Waals surface area contributed by atoms with Gasteiger partial charge in [-0.2, -0.15) is 0 Å². The summed E-state index contributed by atoms with van der Waals surface area (Å²) < 4.78 is 1.08. The van der Waals surface area contributed by atoms with E-state index in [-0.39, 0.29) is 18.4 Å². The number of nitrogens with zero attached hydrogens (tertiary/aromatic N) is 1. The SMILES string of the molecule is CC[C@H](C(=O)C(=O)NC1CC1)C1(C(N)=O)CCCN1C(=O)C1(c2ccc(I)cc2)CC1. The summed E-state index contributed by atoms with van der Waals surface area (Å²) in [5.74, 6) is -3.11. The quantitative estimate of drug-likeness (QED) is 0.391. The Labute approximate surface area is 195 Å². The van der Waals surface area contributed by atoms with Crippen molar-refractivity contribution in [2.75, 3.05) is 6.54 Å². The Morgan fingerprint density at radius 1 is 1.16 bits per heavy atom. The zero-order valence-corrected chi connectivity index (χ0v) is 19.8. The summed E-state index contributed by atoms with van der Waals surface area (Å²) in [6.07, 6.45) is 4.26. The second-order valence-corrected chi connectivity index (χ2v) is 10.3. The van der Waals surface area contributed by atoms with Gasteiger partial charge in [0.1, 0.15) is 5.54 Å². The van der Waals surface area contributed by atoms with Crippen LogP contribution < -0.4 is 11.1 Å². The molecule has 1 aliphatic heterocycles. The van der Waals surface area contributed by atoms with Gasteiger partial charge in [0.05, 0.1) is 11.3 Å². The van der Waals surface area contributed by atoms with Gasteiger partial charge >= 0.3 is 0 Å². The maximum absolute atomic E-state index is 13.8. The van der Waals surface area contributed by atoms with Crippen LogP contribution in [0.1, 0.15) is 57.4 Å². The third kappa shape index (κ3) is 3.76. The highest BCUT2D eigenvalue weighted by atomic mass is 127. The molecule has 8 heteroatoms. The Bertz CT molecular complexity index is 923. The third-order valence-electron chi connectivity index (χ3n) is 7.09. The fraction of sp³-hybridized carbons (Fsp3) is 0.565. The van der Waals surface area contributed by atoms with E-state index in [2.05, 4.69) is 27.9 Å². The molecule has 1 aromatic carbocycles. The monoisotopic (exact) mass is 537 g/mol. The molecule has 3 aliphatic rings. The summed E-state index contributed by atoms with van der Waals surface area (Å²) in [5.41, 5.74) is 4.69. The summed E-state index contributed by atoms with van der Waals surface area (Å²) >= 11 is 2.22. The number of benzene rings is 1. The third-order valence-corrected chi connectivity index (χ3v) is 7.81. The average molecular weight is 537 g/mol. The second-order valence-electron chi connectivity index (χ2n) is 9.01. The second kappa shape index (κ2) is 8.18. The van der Waals surface area contributed by atoms with E-state index >= 15 is 0 Å². The first-order chi connectivity index (χ1) is 14.8. The molecule has 0 bridgehead atoms. The molecule has 1 aromatic rings. The van der Waals surface area contributed by atoms with Crippen LogP contribution in [0.5, 0.6) is 0 Å². The predicted octanol–water partition coefficient (Wildman–Crippen LogP) is 2.04. The number of carbonyl (C=O) groups is 4. The van der Waals surface area contributed by atoms with Crippen LogP contribution in [0.2, 0.25) is 0 Å². The Morgan fingerprint density at radius 2 is 1.81 bits per heavy atom. The van der Waals surface area contributed by atoms with Crippen molar-refractivity contribution in [1.82, 2.24) is 10.2 Å². The molecule has 166 valence electrons. The molecular weight excluding hydrogens is 509 g/mol. The number of nitrogens with one attached hydrogen (secondary N) is 1.